The molecule has 0 spiro atoms. The molecular weight excluding hydrogens is 472 g/mol. The minimum absolute atomic E-state index is 0.0300. The fourth-order valence-corrected chi connectivity index (χ4v) is 4.87. The highest BCUT2D eigenvalue weighted by atomic mass is 79.9. The number of ether oxygens (including phenoxy) is 1. The highest BCUT2D eigenvalue weighted by Gasteiger charge is 2.37. The van der Waals surface area contributed by atoms with Crippen LogP contribution in [-0.2, 0) is 9.53 Å². The van der Waals surface area contributed by atoms with E-state index in [1.807, 2.05) is 49.2 Å². The molecule has 0 radical (unpaired) electrons. The second kappa shape index (κ2) is 10.1. The Morgan fingerprint density at radius 2 is 1.88 bits per heavy atom. The minimum Gasteiger partial charge on any atom is -0.446 e. The van der Waals surface area contributed by atoms with Crippen molar-refractivity contribution in [3.8, 4) is 11.3 Å². The Hall–Kier alpha value is -2.35. The van der Waals surface area contributed by atoms with Crippen LogP contribution in [0, 0.1) is 5.92 Å². The molecule has 1 aromatic carbocycles. The molecule has 7 nitrogen and oxygen atoms in total. The highest BCUT2D eigenvalue weighted by molar-refractivity contribution is 9.10. The number of hydrogen-bond donors (Lipinski definition) is 2. The van der Waals surface area contributed by atoms with E-state index in [-0.39, 0.29) is 24.0 Å². The van der Waals surface area contributed by atoms with Gasteiger partial charge in [0, 0.05) is 11.0 Å². The number of benzene rings is 1. The Morgan fingerprint density at radius 3 is 2.56 bits per heavy atom. The lowest BCUT2D eigenvalue weighted by Gasteiger charge is -2.30. The van der Waals surface area contributed by atoms with E-state index in [0.717, 1.165) is 60.1 Å². The SMILES string of the molecule is CC(C)[C@H](NC(=O)OC1CCCC1)C(=O)N1CCC[C@H]1c1ncc(-c2ccc(Br)cc2)[nH]1. The summed E-state index contributed by atoms with van der Waals surface area (Å²) in [6, 6.07) is 7.28. The van der Waals surface area contributed by atoms with Crippen molar-refractivity contribution in [2.75, 3.05) is 6.54 Å². The van der Waals surface area contributed by atoms with E-state index in [1.54, 1.807) is 0 Å². The van der Waals surface area contributed by atoms with Crippen LogP contribution in [0.15, 0.2) is 34.9 Å². The largest absolute Gasteiger partial charge is 0.446 e. The smallest absolute Gasteiger partial charge is 0.408 e. The van der Waals surface area contributed by atoms with E-state index in [1.165, 1.54) is 0 Å². The van der Waals surface area contributed by atoms with Crippen molar-refractivity contribution in [3.63, 3.8) is 0 Å². The third-order valence-corrected chi connectivity index (χ3v) is 6.91. The zero-order chi connectivity index (χ0) is 22.7. The molecule has 2 N–H and O–H groups in total. The van der Waals surface area contributed by atoms with Gasteiger partial charge in [-0.2, -0.15) is 0 Å². The molecule has 1 aliphatic carbocycles. The number of carbonyl (C=O) groups is 2. The maximum atomic E-state index is 13.5. The number of carbonyl (C=O) groups excluding carboxylic acids is 2. The molecule has 1 saturated carbocycles. The maximum Gasteiger partial charge on any atom is 0.408 e. The number of hydrogen-bond acceptors (Lipinski definition) is 4. The second-order valence-electron chi connectivity index (χ2n) is 9.06. The molecule has 2 fully saturated rings. The molecule has 0 bridgehead atoms. The van der Waals surface area contributed by atoms with Gasteiger partial charge in [-0.15, -0.1) is 0 Å². The molecule has 1 aliphatic heterocycles. The molecular formula is C24H31BrN4O3. The fourth-order valence-electron chi connectivity index (χ4n) is 4.61. The summed E-state index contributed by atoms with van der Waals surface area (Å²) in [6.45, 7) is 4.55. The van der Waals surface area contributed by atoms with Crippen LogP contribution >= 0.6 is 15.9 Å². The van der Waals surface area contributed by atoms with Gasteiger partial charge in [0.1, 0.15) is 18.0 Å². The minimum atomic E-state index is -0.620. The van der Waals surface area contributed by atoms with Gasteiger partial charge in [-0.1, -0.05) is 41.9 Å². The molecule has 2 heterocycles. The standard InChI is InChI=1S/C24H31BrN4O3/c1-15(2)21(28-24(31)32-18-6-3-4-7-18)23(30)29-13-5-8-20(29)22-26-14-19(27-22)16-9-11-17(25)12-10-16/h9-12,14-15,18,20-21H,3-8,13H2,1-2H3,(H,26,27)(H,28,31)/t20-,21-/m0/s1. The number of alkyl carbamates (subject to hydrolysis) is 1. The van der Waals surface area contributed by atoms with Crippen LogP contribution < -0.4 is 5.32 Å². The first-order valence-electron chi connectivity index (χ1n) is 11.5. The summed E-state index contributed by atoms with van der Waals surface area (Å²) in [6.07, 6.45) is 7.03. The lowest BCUT2D eigenvalue weighted by Crippen LogP contribution is -2.51. The van der Waals surface area contributed by atoms with Crippen LogP contribution in [0.3, 0.4) is 0 Å². The predicted octanol–water partition coefficient (Wildman–Crippen LogP) is 5.20. The summed E-state index contributed by atoms with van der Waals surface area (Å²) in [4.78, 5) is 35.8. The summed E-state index contributed by atoms with van der Waals surface area (Å²) in [7, 11) is 0. The van der Waals surface area contributed by atoms with Crippen LogP contribution in [0.1, 0.15) is 64.2 Å². The van der Waals surface area contributed by atoms with Crippen LogP contribution in [0.25, 0.3) is 11.3 Å². The third-order valence-electron chi connectivity index (χ3n) is 6.38. The molecule has 1 saturated heterocycles. The average molecular weight is 503 g/mol. The first-order chi connectivity index (χ1) is 15.4. The Balaban J connectivity index is 1.45. The maximum absolute atomic E-state index is 13.5. The molecule has 2 amide bonds. The van der Waals surface area contributed by atoms with Crippen LogP contribution in [-0.4, -0.2) is 45.6 Å². The first kappa shape index (κ1) is 22.8. The van der Waals surface area contributed by atoms with Crippen molar-refractivity contribution in [1.29, 1.82) is 0 Å². The van der Waals surface area contributed by atoms with E-state index in [4.69, 9.17) is 4.74 Å². The number of aromatic amines is 1. The number of nitrogens with one attached hydrogen (secondary N) is 2. The zero-order valence-corrected chi connectivity index (χ0v) is 20.2. The number of likely N-dealkylation sites (tertiary alicyclic amines) is 1. The van der Waals surface area contributed by atoms with Gasteiger partial charge >= 0.3 is 6.09 Å². The molecule has 4 rings (SSSR count). The number of rotatable bonds is 6. The van der Waals surface area contributed by atoms with E-state index >= 15 is 0 Å². The monoisotopic (exact) mass is 502 g/mol. The Kier molecular flexibility index (Phi) is 7.18. The van der Waals surface area contributed by atoms with Crippen molar-refractivity contribution in [2.45, 2.75) is 70.6 Å². The normalized spacial score (nSPS) is 20.0. The number of imidazole rings is 1. The van der Waals surface area contributed by atoms with Crippen molar-refractivity contribution in [2.24, 2.45) is 5.92 Å². The number of aromatic nitrogens is 2. The van der Waals surface area contributed by atoms with Gasteiger partial charge in [0.2, 0.25) is 5.91 Å². The summed E-state index contributed by atoms with van der Waals surface area (Å²) in [5.74, 6) is 0.659. The van der Waals surface area contributed by atoms with Gasteiger partial charge in [-0.25, -0.2) is 9.78 Å². The van der Waals surface area contributed by atoms with Crippen molar-refractivity contribution in [1.82, 2.24) is 20.2 Å². The quantitative estimate of drug-likeness (QED) is 0.568. The van der Waals surface area contributed by atoms with Gasteiger partial charge < -0.3 is 19.9 Å². The summed E-state index contributed by atoms with van der Waals surface area (Å²) in [5.41, 5.74) is 1.96. The van der Waals surface area contributed by atoms with Crippen molar-refractivity contribution < 1.29 is 14.3 Å². The van der Waals surface area contributed by atoms with E-state index in [2.05, 4.69) is 31.2 Å². The second-order valence-corrected chi connectivity index (χ2v) is 9.97. The van der Waals surface area contributed by atoms with Gasteiger partial charge in [0.15, 0.2) is 0 Å². The van der Waals surface area contributed by atoms with Gasteiger partial charge in [-0.3, -0.25) is 4.79 Å². The Morgan fingerprint density at radius 1 is 1.16 bits per heavy atom. The first-order valence-corrected chi connectivity index (χ1v) is 12.3. The van der Waals surface area contributed by atoms with Crippen molar-refractivity contribution in [3.05, 3.63) is 40.8 Å². The van der Waals surface area contributed by atoms with Gasteiger partial charge in [0.05, 0.1) is 17.9 Å². The number of H-pyrrole nitrogens is 1. The lowest BCUT2D eigenvalue weighted by atomic mass is 10.0. The lowest BCUT2D eigenvalue weighted by molar-refractivity contribution is -0.135. The molecule has 2 atom stereocenters. The van der Waals surface area contributed by atoms with Gasteiger partial charge in [0.25, 0.3) is 0 Å². The van der Waals surface area contributed by atoms with E-state index in [0.29, 0.717) is 6.54 Å². The molecule has 8 heteroatoms. The molecule has 0 unspecified atom stereocenters. The van der Waals surface area contributed by atoms with Crippen LogP contribution in [0.4, 0.5) is 4.79 Å². The molecule has 2 aromatic rings. The van der Waals surface area contributed by atoms with Crippen molar-refractivity contribution >= 4 is 27.9 Å². The summed E-state index contributed by atoms with van der Waals surface area (Å²) >= 11 is 3.46. The Bertz CT molecular complexity index is 937. The van der Waals surface area contributed by atoms with Gasteiger partial charge in [-0.05, 0) is 62.1 Å². The fraction of sp³-hybridized carbons (Fsp3) is 0.542. The Labute approximate surface area is 197 Å². The molecule has 172 valence electrons. The molecule has 2 aliphatic rings. The predicted molar refractivity (Wildman–Crippen MR) is 126 cm³/mol. The average Bonchev–Trinajstić information content (AvgIpc) is 3.52. The number of halogens is 1. The number of amides is 2. The molecule has 1 aromatic heterocycles. The number of nitrogens with zero attached hydrogens (tertiary/aromatic N) is 2. The third kappa shape index (κ3) is 5.17. The zero-order valence-electron chi connectivity index (χ0n) is 18.6. The van der Waals surface area contributed by atoms with E-state index < -0.39 is 12.1 Å². The topological polar surface area (TPSA) is 87.3 Å². The summed E-state index contributed by atoms with van der Waals surface area (Å²) in [5, 5.41) is 2.84. The molecule has 32 heavy (non-hydrogen) atoms. The van der Waals surface area contributed by atoms with Crippen LogP contribution in [0.5, 0.6) is 0 Å². The summed E-state index contributed by atoms with van der Waals surface area (Å²) < 4.78 is 6.55. The highest BCUT2D eigenvalue weighted by Crippen LogP contribution is 2.33. The van der Waals surface area contributed by atoms with Crippen LogP contribution in [0.2, 0.25) is 0 Å². The van der Waals surface area contributed by atoms with E-state index in [9.17, 15) is 9.59 Å².